The van der Waals surface area contributed by atoms with Crippen LogP contribution in [0.2, 0.25) is 0 Å². The van der Waals surface area contributed by atoms with Crippen LogP contribution in [0, 0.1) is 0 Å². The molecule has 3 aromatic carbocycles. The molecule has 1 aliphatic rings. The summed E-state index contributed by atoms with van der Waals surface area (Å²) in [6.07, 6.45) is 1.85. The highest BCUT2D eigenvalue weighted by Crippen LogP contribution is 2.37. The van der Waals surface area contributed by atoms with E-state index in [4.69, 9.17) is 4.74 Å². The van der Waals surface area contributed by atoms with Crippen LogP contribution in [0.25, 0.3) is 10.8 Å². The fourth-order valence-corrected chi connectivity index (χ4v) is 4.03. The Kier molecular flexibility index (Phi) is 4.36. The molecule has 138 valence electrons. The second-order valence-electron chi connectivity index (χ2n) is 6.58. The van der Waals surface area contributed by atoms with Crippen molar-refractivity contribution < 1.29 is 17.9 Å². The number of carbonyl (C=O) groups excluding carboxylic acids is 1. The molecule has 0 N–H and O–H groups in total. The number of hydrogen-bond donors (Lipinski definition) is 0. The standard InChI is InChI=1S/C21H19NO4S/c1-27(24,25)17-11-9-16(10-12-17)26-14-4-13-22-19-8-3-6-15-5-2-7-18(20(15)19)21(22)23/h2-3,5-12H,4,13-14H2,1H3. The highest BCUT2D eigenvalue weighted by atomic mass is 32.2. The van der Waals surface area contributed by atoms with Gasteiger partial charge in [-0.05, 0) is 48.2 Å². The summed E-state index contributed by atoms with van der Waals surface area (Å²) in [6, 6.07) is 18.1. The molecule has 0 saturated carbocycles. The van der Waals surface area contributed by atoms with Crippen LogP contribution in [-0.2, 0) is 9.84 Å². The van der Waals surface area contributed by atoms with Gasteiger partial charge >= 0.3 is 0 Å². The average molecular weight is 381 g/mol. The van der Waals surface area contributed by atoms with E-state index in [0.29, 0.717) is 25.3 Å². The summed E-state index contributed by atoms with van der Waals surface area (Å²) in [6.45, 7) is 1.00. The van der Waals surface area contributed by atoms with Crippen LogP contribution in [-0.4, -0.2) is 33.7 Å². The highest BCUT2D eigenvalue weighted by molar-refractivity contribution is 7.90. The van der Waals surface area contributed by atoms with E-state index in [1.807, 2.05) is 36.4 Å². The van der Waals surface area contributed by atoms with E-state index in [-0.39, 0.29) is 10.8 Å². The van der Waals surface area contributed by atoms with Gasteiger partial charge in [0.25, 0.3) is 5.91 Å². The molecule has 0 bridgehead atoms. The summed E-state index contributed by atoms with van der Waals surface area (Å²) in [5.74, 6) is 0.639. The molecule has 5 nitrogen and oxygen atoms in total. The molecule has 1 amide bonds. The molecular formula is C21H19NO4S. The van der Waals surface area contributed by atoms with Gasteiger partial charge in [0.05, 0.1) is 17.2 Å². The lowest BCUT2D eigenvalue weighted by atomic mass is 10.1. The normalized spacial score (nSPS) is 13.4. The molecule has 1 heterocycles. The van der Waals surface area contributed by atoms with Crippen LogP contribution >= 0.6 is 0 Å². The van der Waals surface area contributed by atoms with Gasteiger partial charge in [-0.25, -0.2) is 8.42 Å². The smallest absolute Gasteiger partial charge is 0.258 e. The van der Waals surface area contributed by atoms with E-state index in [2.05, 4.69) is 0 Å². The maximum absolute atomic E-state index is 12.7. The Morgan fingerprint density at radius 1 is 0.963 bits per heavy atom. The molecule has 6 heteroatoms. The number of nitrogens with zero attached hydrogens (tertiary/aromatic N) is 1. The fraction of sp³-hybridized carbons (Fsp3) is 0.190. The summed E-state index contributed by atoms with van der Waals surface area (Å²) >= 11 is 0. The van der Waals surface area contributed by atoms with Gasteiger partial charge in [0.15, 0.2) is 9.84 Å². The first-order chi connectivity index (χ1) is 12.9. The molecule has 0 fully saturated rings. The zero-order valence-electron chi connectivity index (χ0n) is 14.9. The van der Waals surface area contributed by atoms with Gasteiger partial charge in [0.2, 0.25) is 0 Å². The van der Waals surface area contributed by atoms with Crippen molar-refractivity contribution in [3.8, 4) is 5.75 Å². The third-order valence-corrected chi connectivity index (χ3v) is 5.82. The topological polar surface area (TPSA) is 63.7 Å². The SMILES string of the molecule is CS(=O)(=O)c1ccc(OCCCN2C(=O)c3cccc4cccc2c34)cc1. The first-order valence-corrected chi connectivity index (χ1v) is 10.6. The van der Waals surface area contributed by atoms with Crippen LogP contribution in [0.4, 0.5) is 5.69 Å². The number of ether oxygens (including phenoxy) is 1. The number of hydrogen-bond acceptors (Lipinski definition) is 4. The molecule has 0 aromatic heterocycles. The number of sulfone groups is 1. The molecule has 0 aliphatic carbocycles. The molecule has 0 spiro atoms. The van der Waals surface area contributed by atoms with E-state index in [1.165, 1.54) is 18.4 Å². The van der Waals surface area contributed by atoms with Gasteiger partial charge in [-0.2, -0.15) is 0 Å². The minimum absolute atomic E-state index is 0.0271. The molecule has 0 unspecified atom stereocenters. The summed E-state index contributed by atoms with van der Waals surface area (Å²) < 4.78 is 28.6. The van der Waals surface area contributed by atoms with E-state index in [9.17, 15) is 13.2 Å². The van der Waals surface area contributed by atoms with E-state index in [0.717, 1.165) is 22.0 Å². The predicted octanol–water partition coefficient (Wildman–Crippen LogP) is 3.67. The Hall–Kier alpha value is -2.86. The van der Waals surface area contributed by atoms with Crippen LogP contribution in [0.5, 0.6) is 5.75 Å². The Bertz CT molecular complexity index is 1120. The quantitative estimate of drug-likeness (QED) is 0.611. The highest BCUT2D eigenvalue weighted by Gasteiger charge is 2.28. The fourth-order valence-electron chi connectivity index (χ4n) is 3.40. The zero-order valence-corrected chi connectivity index (χ0v) is 15.7. The van der Waals surface area contributed by atoms with Crippen molar-refractivity contribution in [2.24, 2.45) is 0 Å². The van der Waals surface area contributed by atoms with Crippen molar-refractivity contribution in [3.63, 3.8) is 0 Å². The lowest BCUT2D eigenvalue weighted by Gasteiger charge is -2.17. The minimum Gasteiger partial charge on any atom is -0.494 e. The number of carbonyl (C=O) groups is 1. The van der Waals surface area contributed by atoms with E-state index in [1.54, 1.807) is 17.0 Å². The molecule has 27 heavy (non-hydrogen) atoms. The lowest BCUT2D eigenvalue weighted by molar-refractivity contribution is 0.0992. The number of amides is 1. The molecule has 0 saturated heterocycles. The lowest BCUT2D eigenvalue weighted by Crippen LogP contribution is -2.28. The third-order valence-electron chi connectivity index (χ3n) is 4.70. The minimum atomic E-state index is -3.21. The third kappa shape index (κ3) is 3.28. The van der Waals surface area contributed by atoms with E-state index < -0.39 is 9.84 Å². The van der Waals surface area contributed by atoms with Crippen LogP contribution in [0.15, 0.2) is 65.6 Å². The van der Waals surface area contributed by atoms with Crippen LogP contribution in [0.1, 0.15) is 16.8 Å². The summed E-state index contributed by atoms with van der Waals surface area (Å²) in [7, 11) is -3.21. The first kappa shape index (κ1) is 17.5. The van der Waals surface area contributed by atoms with Crippen molar-refractivity contribution in [2.45, 2.75) is 11.3 Å². The van der Waals surface area contributed by atoms with Gasteiger partial charge in [-0.3, -0.25) is 4.79 Å². The summed E-state index contributed by atoms with van der Waals surface area (Å²) in [5, 5.41) is 2.09. The van der Waals surface area contributed by atoms with E-state index >= 15 is 0 Å². The molecule has 0 radical (unpaired) electrons. The van der Waals surface area contributed by atoms with Crippen LogP contribution in [0.3, 0.4) is 0 Å². The van der Waals surface area contributed by atoms with Crippen molar-refractivity contribution in [1.82, 2.24) is 0 Å². The summed E-state index contributed by atoms with van der Waals surface area (Å²) in [5.41, 5.74) is 1.70. The Labute approximate surface area is 158 Å². The van der Waals surface area contributed by atoms with Crippen molar-refractivity contribution in [2.75, 3.05) is 24.3 Å². The second-order valence-corrected chi connectivity index (χ2v) is 8.60. The van der Waals surface area contributed by atoms with Gasteiger partial charge in [-0.1, -0.05) is 24.3 Å². The molecule has 4 rings (SSSR count). The largest absolute Gasteiger partial charge is 0.494 e. The van der Waals surface area contributed by atoms with Gasteiger partial charge in [-0.15, -0.1) is 0 Å². The monoisotopic (exact) mass is 381 g/mol. The van der Waals surface area contributed by atoms with Gasteiger partial charge in [0, 0.05) is 23.8 Å². The number of anilines is 1. The number of rotatable bonds is 6. The summed E-state index contributed by atoms with van der Waals surface area (Å²) in [4.78, 5) is 14.8. The maximum atomic E-state index is 12.7. The van der Waals surface area contributed by atoms with Crippen molar-refractivity contribution >= 4 is 32.2 Å². The molecule has 0 atom stereocenters. The van der Waals surface area contributed by atoms with Gasteiger partial charge < -0.3 is 9.64 Å². The molecule has 3 aromatic rings. The van der Waals surface area contributed by atoms with Crippen molar-refractivity contribution in [1.29, 1.82) is 0 Å². The Morgan fingerprint density at radius 3 is 2.37 bits per heavy atom. The van der Waals surface area contributed by atoms with Gasteiger partial charge in [0.1, 0.15) is 5.75 Å². The number of benzene rings is 3. The average Bonchev–Trinajstić information content (AvgIpc) is 2.93. The Morgan fingerprint density at radius 2 is 1.67 bits per heavy atom. The van der Waals surface area contributed by atoms with Crippen LogP contribution < -0.4 is 9.64 Å². The molecule has 1 aliphatic heterocycles. The Balaban J connectivity index is 1.39. The molecular weight excluding hydrogens is 362 g/mol. The van der Waals surface area contributed by atoms with Crippen molar-refractivity contribution in [3.05, 3.63) is 66.2 Å². The second kappa shape index (κ2) is 6.70. The maximum Gasteiger partial charge on any atom is 0.258 e. The zero-order chi connectivity index (χ0) is 19.0. The predicted molar refractivity (Wildman–Crippen MR) is 105 cm³/mol. The first-order valence-electron chi connectivity index (χ1n) is 8.72.